The Labute approximate surface area is 106 Å². The Kier molecular flexibility index (Phi) is 4.66. The van der Waals surface area contributed by atoms with E-state index in [1.807, 2.05) is 0 Å². The van der Waals surface area contributed by atoms with Crippen LogP contribution in [0.1, 0.15) is 12.8 Å². The van der Waals surface area contributed by atoms with Gasteiger partial charge < -0.3 is 10.2 Å². The molecule has 0 aromatic heterocycles. The van der Waals surface area contributed by atoms with E-state index in [0.29, 0.717) is 0 Å². The van der Waals surface area contributed by atoms with E-state index in [1.165, 1.54) is 0 Å². The van der Waals surface area contributed by atoms with Gasteiger partial charge >= 0.3 is 6.18 Å². The van der Waals surface area contributed by atoms with Crippen molar-refractivity contribution in [1.29, 1.82) is 0 Å². The molecular formula is C10H13F3N2O4. The molecule has 0 saturated carbocycles. The summed E-state index contributed by atoms with van der Waals surface area (Å²) >= 11 is 0. The molecule has 0 aliphatic heterocycles. The number of allylic oxidation sites excluding steroid dienone is 2. The highest BCUT2D eigenvalue weighted by Gasteiger charge is 2.55. The van der Waals surface area contributed by atoms with Gasteiger partial charge in [-0.25, -0.2) is 0 Å². The summed E-state index contributed by atoms with van der Waals surface area (Å²) < 4.78 is 39.2. The van der Waals surface area contributed by atoms with Gasteiger partial charge in [-0.1, -0.05) is 12.2 Å². The molecule has 0 saturated heterocycles. The second kappa shape index (κ2) is 5.68. The summed E-state index contributed by atoms with van der Waals surface area (Å²) in [6, 6.07) is 0. The number of nitrogens with one attached hydrogen (secondary N) is 1. The maximum atomic E-state index is 13.1. The highest BCUT2D eigenvalue weighted by Crippen LogP contribution is 2.38. The lowest BCUT2D eigenvalue weighted by molar-refractivity contribution is -0.431. The van der Waals surface area contributed by atoms with E-state index in [4.69, 9.17) is 10.2 Å². The lowest BCUT2D eigenvalue weighted by atomic mass is 9.88. The van der Waals surface area contributed by atoms with Crippen molar-refractivity contribution in [3.8, 4) is 0 Å². The van der Waals surface area contributed by atoms with Gasteiger partial charge in [-0.3, -0.25) is 15.4 Å². The first kappa shape index (κ1) is 15.6. The van der Waals surface area contributed by atoms with Crippen LogP contribution in [0.2, 0.25) is 0 Å². The molecule has 0 bridgehead atoms. The van der Waals surface area contributed by atoms with Crippen molar-refractivity contribution in [2.24, 2.45) is 0 Å². The van der Waals surface area contributed by atoms with Gasteiger partial charge in [0.1, 0.15) is 5.54 Å². The molecule has 0 heterocycles. The van der Waals surface area contributed by atoms with E-state index in [-0.39, 0.29) is 13.0 Å². The maximum Gasteiger partial charge on any atom is 0.410 e. The Balaban J connectivity index is 2.88. The Hall–Kier alpha value is -1.45. The molecule has 0 radical (unpaired) electrons. The Morgan fingerprint density at radius 1 is 1.53 bits per heavy atom. The molecule has 0 spiro atoms. The number of alkyl halides is 3. The van der Waals surface area contributed by atoms with Crippen molar-refractivity contribution in [1.82, 2.24) is 5.32 Å². The number of aliphatic hydroxyl groups is 2. The minimum atomic E-state index is -4.74. The summed E-state index contributed by atoms with van der Waals surface area (Å²) in [6.07, 6.45) is -4.87. The molecule has 9 heteroatoms. The topological polar surface area (TPSA) is 95.6 Å². The fourth-order valence-corrected chi connectivity index (χ4v) is 1.69. The molecule has 3 N–H and O–H groups in total. The van der Waals surface area contributed by atoms with E-state index in [2.05, 4.69) is 5.32 Å². The zero-order valence-corrected chi connectivity index (χ0v) is 9.72. The molecule has 0 aromatic carbocycles. The van der Waals surface area contributed by atoms with Crippen LogP contribution in [0.15, 0.2) is 23.9 Å². The third-order valence-electron chi connectivity index (χ3n) is 2.71. The lowest BCUT2D eigenvalue weighted by Gasteiger charge is -2.34. The standard InChI is InChI=1S/C10H13F3N2O4/c11-10(12,13)9(14-5-3-8(16)17)4-1-2-7(6-9)15(18)19/h1-2,4,8,14,16-17H,3,5-6H2. The number of nitrogens with zero attached hydrogens (tertiary/aromatic N) is 1. The number of rotatable bonds is 5. The SMILES string of the molecule is O=[N+]([O-])C1=CC=CC(NCCC(O)O)(C(F)(F)F)C1. The van der Waals surface area contributed by atoms with E-state index in [1.54, 1.807) is 0 Å². The summed E-state index contributed by atoms with van der Waals surface area (Å²) in [5.41, 5.74) is -3.11. The Morgan fingerprint density at radius 3 is 2.63 bits per heavy atom. The first-order valence-corrected chi connectivity index (χ1v) is 5.39. The van der Waals surface area contributed by atoms with E-state index < -0.39 is 35.0 Å². The van der Waals surface area contributed by atoms with E-state index in [0.717, 1.165) is 18.2 Å². The summed E-state index contributed by atoms with van der Waals surface area (Å²) in [7, 11) is 0. The maximum absolute atomic E-state index is 13.1. The summed E-state index contributed by atoms with van der Waals surface area (Å²) in [5.74, 6) is 0. The van der Waals surface area contributed by atoms with Crippen LogP contribution in [-0.2, 0) is 0 Å². The van der Waals surface area contributed by atoms with Crippen LogP contribution in [0.5, 0.6) is 0 Å². The number of hydrogen-bond acceptors (Lipinski definition) is 5. The van der Waals surface area contributed by atoms with Crippen LogP contribution >= 0.6 is 0 Å². The molecule has 1 rings (SSSR count). The van der Waals surface area contributed by atoms with Crippen molar-refractivity contribution >= 4 is 0 Å². The van der Waals surface area contributed by atoms with E-state index in [9.17, 15) is 23.3 Å². The average Bonchev–Trinajstić information content (AvgIpc) is 2.27. The van der Waals surface area contributed by atoms with Gasteiger partial charge in [0, 0.05) is 19.0 Å². The largest absolute Gasteiger partial charge is 0.410 e. The van der Waals surface area contributed by atoms with Crippen LogP contribution in [-0.4, -0.2) is 39.7 Å². The summed E-state index contributed by atoms with van der Waals surface area (Å²) in [5, 5.41) is 29.9. The third kappa shape index (κ3) is 3.75. The Morgan fingerprint density at radius 2 is 2.16 bits per heavy atom. The predicted molar refractivity (Wildman–Crippen MR) is 58.5 cm³/mol. The van der Waals surface area contributed by atoms with Crippen molar-refractivity contribution in [2.75, 3.05) is 6.54 Å². The van der Waals surface area contributed by atoms with Crippen LogP contribution in [0.25, 0.3) is 0 Å². The first-order valence-electron chi connectivity index (χ1n) is 5.39. The van der Waals surface area contributed by atoms with Gasteiger partial charge in [-0.15, -0.1) is 0 Å². The highest BCUT2D eigenvalue weighted by atomic mass is 19.4. The highest BCUT2D eigenvalue weighted by molar-refractivity contribution is 5.26. The summed E-state index contributed by atoms with van der Waals surface area (Å²) in [6.45, 7) is -0.341. The smallest absolute Gasteiger partial charge is 0.368 e. The van der Waals surface area contributed by atoms with Crippen LogP contribution in [0.4, 0.5) is 13.2 Å². The number of nitro groups is 1. The van der Waals surface area contributed by atoms with Gasteiger partial charge in [0.25, 0.3) is 0 Å². The molecule has 1 aliphatic rings. The molecular weight excluding hydrogens is 269 g/mol. The minimum Gasteiger partial charge on any atom is -0.368 e. The minimum absolute atomic E-state index is 0.316. The van der Waals surface area contributed by atoms with Crippen molar-refractivity contribution in [3.63, 3.8) is 0 Å². The number of aliphatic hydroxyl groups excluding tert-OH is 1. The van der Waals surface area contributed by atoms with Gasteiger partial charge in [0.15, 0.2) is 6.29 Å². The molecule has 1 unspecified atom stereocenters. The fourth-order valence-electron chi connectivity index (χ4n) is 1.69. The third-order valence-corrected chi connectivity index (χ3v) is 2.71. The average molecular weight is 282 g/mol. The van der Waals surface area contributed by atoms with Gasteiger partial charge in [-0.2, -0.15) is 13.2 Å². The Bertz CT molecular complexity index is 406. The quantitative estimate of drug-likeness (QED) is 0.392. The molecule has 1 atom stereocenters. The molecule has 0 amide bonds. The van der Waals surface area contributed by atoms with Crippen LogP contribution < -0.4 is 5.32 Å². The van der Waals surface area contributed by atoms with Crippen molar-refractivity contribution in [2.45, 2.75) is 30.8 Å². The van der Waals surface area contributed by atoms with E-state index >= 15 is 0 Å². The lowest BCUT2D eigenvalue weighted by Crippen LogP contribution is -2.57. The zero-order chi connectivity index (χ0) is 14.7. The van der Waals surface area contributed by atoms with Crippen molar-refractivity contribution in [3.05, 3.63) is 34.0 Å². The molecule has 19 heavy (non-hydrogen) atoms. The monoisotopic (exact) mass is 282 g/mol. The summed E-state index contributed by atoms with van der Waals surface area (Å²) in [4.78, 5) is 9.71. The molecule has 108 valence electrons. The van der Waals surface area contributed by atoms with Crippen molar-refractivity contribution < 1.29 is 28.3 Å². The van der Waals surface area contributed by atoms with Crippen LogP contribution in [0, 0.1) is 10.1 Å². The first-order chi connectivity index (χ1) is 8.68. The fraction of sp³-hybridized carbons (Fsp3) is 0.600. The molecule has 0 fully saturated rings. The predicted octanol–water partition coefficient (Wildman–Crippen LogP) is 0.698. The second-order valence-corrected chi connectivity index (χ2v) is 4.12. The second-order valence-electron chi connectivity index (χ2n) is 4.12. The zero-order valence-electron chi connectivity index (χ0n) is 9.72. The molecule has 6 nitrogen and oxygen atoms in total. The number of halogens is 3. The van der Waals surface area contributed by atoms with Gasteiger partial charge in [0.2, 0.25) is 5.70 Å². The normalized spacial score (nSPS) is 23.6. The van der Waals surface area contributed by atoms with Gasteiger partial charge in [-0.05, 0) is 0 Å². The van der Waals surface area contributed by atoms with Gasteiger partial charge in [0.05, 0.1) is 11.3 Å². The van der Waals surface area contributed by atoms with Crippen LogP contribution in [0.3, 0.4) is 0 Å². The molecule has 0 aromatic rings. The number of hydrogen-bond donors (Lipinski definition) is 3. The molecule has 1 aliphatic carbocycles.